The zero-order chi connectivity index (χ0) is 10.1. The Morgan fingerprint density at radius 3 is 2.19 bits per heavy atom. The van der Waals surface area contributed by atoms with Gasteiger partial charge in [-0.05, 0) is 12.3 Å². The van der Waals surface area contributed by atoms with Crippen molar-refractivity contribution in [2.75, 3.05) is 12.4 Å². The largest absolute Gasteiger partial charge is 0.465 e. The summed E-state index contributed by atoms with van der Waals surface area (Å²) >= 11 is 3.81. The summed E-state index contributed by atoms with van der Waals surface area (Å²) in [4.78, 5) is 10.7. The van der Waals surface area contributed by atoms with E-state index < -0.39 is 0 Å². The molecule has 0 aromatic rings. The third-order valence-corrected chi connectivity index (χ3v) is 2.08. The zero-order valence-electron chi connectivity index (χ0n) is 9.08. The summed E-state index contributed by atoms with van der Waals surface area (Å²) in [6, 6.07) is 0. The summed E-state index contributed by atoms with van der Waals surface area (Å²) in [5.41, 5.74) is 0. The second-order valence-electron chi connectivity index (χ2n) is 3.62. The normalized spacial score (nSPS) is 8.50. The van der Waals surface area contributed by atoms with Crippen LogP contribution >= 0.6 is 12.6 Å². The predicted molar refractivity (Wildman–Crippen MR) is 77.3 cm³/mol. The number of carbonyl (C=O) groups excluding carboxylic acids is 1. The molecule has 0 spiro atoms. The molecule has 2 nitrogen and oxygen atoms in total. The van der Waals surface area contributed by atoms with Gasteiger partial charge in [0.1, 0.15) is 0 Å². The number of hydrogen-bond donors (Lipinski definition) is 1. The number of ether oxygens (including phenoxy) is 1. The molecule has 0 fully saturated rings. The fraction of sp³-hybridized carbons (Fsp3) is 0.917. The Kier molecular flexibility index (Phi) is 28.6. The SMILES string of the molecule is C.C.CC(C)CCCCCOC(=O)CS.[Sn]. The molecular weight excluding hydrogens is 327 g/mol. The third-order valence-electron chi connectivity index (χ3n) is 1.82. The second-order valence-corrected chi connectivity index (χ2v) is 3.94. The quantitative estimate of drug-likeness (QED) is 0.327. The first kappa shape index (κ1) is 25.5. The van der Waals surface area contributed by atoms with Crippen molar-refractivity contribution in [1.82, 2.24) is 0 Å². The number of unbranched alkanes of at least 4 members (excludes halogenated alkanes) is 2. The van der Waals surface area contributed by atoms with Crippen molar-refractivity contribution in [3.63, 3.8) is 0 Å². The van der Waals surface area contributed by atoms with Gasteiger partial charge in [-0.3, -0.25) is 4.79 Å². The maximum Gasteiger partial charge on any atom is 0.315 e. The Hall–Kier alpha value is 0.619. The molecule has 0 saturated heterocycles. The van der Waals surface area contributed by atoms with Gasteiger partial charge >= 0.3 is 5.97 Å². The van der Waals surface area contributed by atoms with Crippen LogP contribution in [0.4, 0.5) is 0 Å². The van der Waals surface area contributed by atoms with Crippen molar-refractivity contribution in [3.05, 3.63) is 0 Å². The summed E-state index contributed by atoms with van der Waals surface area (Å²) < 4.78 is 4.88. The fourth-order valence-electron chi connectivity index (χ4n) is 1.06. The molecular formula is C12H28O2SSn. The predicted octanol–water partition coefficient (Wildman–Crippen LogP) is 3.57. The first-order valence-electron chi connectivity index (χ1n) is 4.93. The summed E-state index contributed by atoms with van der Waals surface area (Å²) in [6.45, 7) is 5.00. The Labute approximate surface area is 124 Å². The molecule has 4 radical (unpaired) electrons. The molecule has 0 saturated carbocycles. The minimum absolute atomic E-state index is 0. The van der Waals surface area contributed by atoms with E-state index >= 15 is 0 Å². The van der Waals surface area contributed by atoms with Gasteiger partial charge in [-0.15, -0.1) is 0 Å². The van der Waals surface area contributed by atoms with Crippen LogP contribution in [0.3, 0.4) is 0 Å². The molecule has 0 bridgehead atoms. The van der Waals surface area contributed by atoms with Crippen LogP contribution in [0, 0.1) is 5.92 Å². The standard InChI is InChI=1S/C10H20O2S.2CH4.Sn/c1-9(2)6-4-3-5-7-12-10(11)8-13;;;/h9,13H,3-8H2,1-2H3;2*1H4;. The van der Waals surface area contributed by atoms with Gasteiger partial charge < -0.3 is 4.74 Å². The van der Waals surface area contributed by atoms with Gasteiger partial charge in [-0.1, -0.05) is 48.0 Å². The van der Waals surface area contributed by atoms with Gasteiger partial charge in [0, 0.05) is 23.9 Å². The van der Waals surface area contributed by atoms with E-state index in [9.17, 15) is 4.79 Å². The van der Waals surface area contributed by atoms with Crippen LogP contribution in [0.25, 0.3) is 0 Å². The Morgan fingerprint density at radius 1 is 1.19 bits per heavy atom. The van der Waals surface area contributed by atoms with Crippen LogP contribution in [0.2, 0.25) is 0 Å². The van der Waals surface area contributed by atoms with Crippen LogP contribution in [0.5, 0.6) is 0 Å². The summed E-state index contributed by atoms with van der Waals surface area (Å²) in [5.74, 6) is 0.749. The zero-order valence-corrected chi connectivity index (χ0v) is 12.8. The van der Waals surface area contributed by atoms with E-state index in [-0.39, 0.29) is 50.5 Å². The van der Waals surface area contributed by atoms with Crippen molar-refractivity contribution in [1.29, 1.82) is 0 Å². The van der Waals surface area contributed by atoms with Gasteiger partial charge in [-0.25, -0.2) is 0 Å². The van der Waals surface area contributed by atoms with Crippen molar-refractivity contribution in [2.24, 2.45) is 5.92 Å². The summed E-state index contributed by atoms with van der Waals surface area (Å²) in [5, 5.41) is 0. The van der Waals surface area contributed by atoms with E-state index in [1.54, 1.807) is 0 Å². The van der Waals surface area contributed by atoms with E-state index in [4.69, 9.17) is 4.74 Å². The van der Waals surface area contributed by atoms with Crippen LogP contribution in [0.15, 0.2) is 0 Å². The number of thiol groups is 1. The van der Waals surface area contributed by atoms with Crippen molar-refractivity contribution in [2.45, 2.75) is 54.4 Å². The molecule has 0 amide bonds. The Balaban J connectivity index is -0.000000240. The van der Waals surface area contributed by atoms with E-state index in [0.717, 1.165) is 18.8 Å². The number of rotatable bonds is 7. The number of hydrogen-bond acceptors (Lipinski definition) is 3. The number of carbonyl (C=O) groups is 1. The molecule has 0 aromatic carbocycles. The van der Waals surface area contributed by atoms with Crippen LogP contribution in [-0.4, -0.2) is 42.2 Å². The molecule has 4 heteroatoms. The van der Waals surface area contributed by atoms with E-state index in [2.05, 4.69) is 26.5 Å². The summed E-state index contributed by atoms with van der Waals surface area (Å²) in [6.07, 6.45) is 4.63. The minimum atomic E-state index is -0.216. The maximum absolute atomic E-state index is 10.7. The number of esters is 1. The van der Waals surface area contributed by atoms with E-state index in [1.807, 2.05) is 0 Å². The molecule has 0 atom stereocenters. The van der Waals surface area contributed by atoms with Crippen LogP contribution < -0.4 is 0 Å². The average Bonchev–Trinajstić information content (AvgIpc) is 2.10. The topological polar surface area (TPSA) is 26.3 Å². The maximum atomic E-state index is 10.7. The molecule has 0 rings (SSSR count). The molecule has 98 valence electrons. The third kappa shape index (κ3) is 20.1. The van der Waals surface area contributed by atoms with Gasteiger partial charge in [0.25, 0.3) is 0 Å². The minimum Gasteiger partial charge on any atom is -0.465 e. The second kappa shape index (κ2) is 18.0. The van der Waals surface area contributed by atoms with Crippen molar-refractivity contribution in [3.8, 4) is 0 Å². The Morgan fingerprint density at radius 2 is 1.75 bits per heavy atom. The van der Waals surface area contributed by atoms with Gasteiger partial charge in [0.15, 0.2) is 0 Å². The smallest absolute Gasteiger partial charge is 0.315 e. The summed E-state index contributed by atoms with van der Waals surface area (Å²) in [7, 11) is 0. The molecule has 0 aliphatic heterocycles. The Bertz CT molecular complexity index is 141. The van der Waals surface area contributed by atoms with Crippen LogP contribution in [0.1, 0.15) is 54.4 Å². The fourth-order valence-corrected chi connectivity index (χ4v) is 1.15. The average molecular weight is 355 g/mol. The molecule has 0 aliphatic carbocycles. The van der Waals surface area contributed by atoms with Crippen molar-refractivity contribution >= 4 is 42.5 Å². The first-order chi connectivity index (χ1) is 6.16. The molecule has 16 heavy (non-hydrogen) atoms. The van der Waals surface area contributed by atoms with Gasteiger partial charge in [0.05, 0.1) is 12.4 Å². The molecule has 0 aliphatic rings. The molecule has 0 aromatic heterocycles. The monoisotopic (exact) mass is 356 g/mol. The van der Waals surface area contributed by atoms with Crippen molar-refractivity contribution < 1.29 is 9.53 Å². The molecule has 0 heterocycles. The van der Waals surface area contributed by atoms with E-state index in [1.165, 1.54) is 12.8 Å². The van der Waals surface area contributed by atoms with Gasteiger partial charge in [0.2, 0.25) is 0 Å². The van der Waals surface area contributed by atoms with E-state index in [0.29, 0.717) is 6.61 Å². The molecule has 0 unspecified atom stereocenters. The first-order valence-corrected chi connectivity index (χ1v) is 5.56. The van der Waals surface area contributed by atoms with Crippen LogP contribution in [-0.2, 0) is 9.53 Å². The molecule has 0 N–H and O–H groups in total. The van der Waals surface area contributed by atoms with Gasteiger partial charge in [-0.2, -0.15) is 12.6 Å².